The van der Waals surface area contributed by atoms with Gasteiger partial charge in [-0.2, -0.15) is 0 Å². The van der Waals surface area contributed by atoms with E-state index in [0.717, 1.165) is 0 Å². The van der Waals surface area contributed by atoms with E-state index < -0.39 is 0 Å². The number of fused-ring (bicyclic) bond motifs is 4. The number of rotatable bonds is 0. The SMILES string of the molecule is Cc1ccc2c3c1CCC3c1ccc3c(c1C2)CCCC3. The first-order chi connectivity index (χ1) is 10.3. The molecule has 21 heavy (non-hydrogen) atoms. The Morgan fingerprint density at radius 1 is 0.810 bits per heavy atom. The molecule has 3 aliphatic carbocycles. The zero-order chi connectivity index (χ0) is 14.0. The minimum Gasteiger partial charge on any atom is -0.0587 e. The molecule has 0 aromatic heterocycles. The number of aryl methyl sites for hydroxylation is 2. The molecule has 0 bridgehead atoms. The van der Waals surface area contributed by atoms with Crippen LogP contribution in [-0.2, 0) is 25.7 Å². The van der Waals surface area contributed by atoms with Crippen LogP contribution in [0.5, 0.6) is 0 Å². The molecule has 0 radical (unpaired) electrons. The molecule has 0 heteroatoms. The highest BCUT2D eigenvalue weighted by molar-refractivity contribution is 5.59. The van der Waals surface area contributed by atoms with E-state index in [-0.39, 0.29) is 0 Å². The monoisotopic (exact) mass is 274 g/mol. The van der Waals surface area contributed by atoms with Gasteiger partial charge in [-0.05, 0) is 96.4 Å². The van der Waals surface area contributed by atoms with Crippen LogP contribution in [0.3, 0.4) is 0 Å². The molecule has 0 saturated heterocycles. The van der Waals surface area contributed by atoms with Crippen LogP contribution in [0.2, 0.25) is 0 Å². The van der Waals surface area contributed by atoms with Crippen molar-refractivity contribution in [2.24, 2.45) is 0 Å². The zero-order valence-electron chi connectivity index (χ0n) is 12.8. The summed E-state index contributed by atoms with van der Waals surface area (Å²) < 4.78 is 0. The van der Waals surface area contributed by atoms with Gasteiger partial charge in [0.15, 0.2) is 0 Å². The number of hydrogen-bond acceptors (Lipinski definition) is 0. The summed E-state index contributed by atoms with van der Waals surface area (Å²) in [5.74, 6) is 0.700. The zero-order valence-corrected chi connectivity index (χ0v) is 12.8. The standard InChI is InChI=1S/C21H22/c1-13-6-7-15-12-20-17-5-3-2-4-14(17)8-9-18(20)19-11-10-16(13)21(15)19/h6-9,19H,2-5,10-12H2,1H3. The molecular formula is C21H22. The summed E-state index contributed by atoms with van der Waals surface area (Å²) in [5.41, 5.74) is 13.3. The average Bonchev–Trinajstić information content (AvgIpc) is 2.97. The van der Waals surface area contributed by atoms with E-state index in [1.54, 1.807) is 38.9 Å². The molecule has 0 spiro atoms. The highest BCUT2D eigenvalue weighted by atomic mass is 14.4. The third-order valence-corrected chi connectivity index (χ3v) is 6.14. The lowest BCUT2D eigenvalue weighted by molar-refractivity contribution is 0.668. The Bertz CT molecular complexity index is 751. The molecule has 5 rings (SSSR count). The normalized spacial score (nSPS) is 21.7. The fourth-order valence-electron chi connectivity index (χ4n) is 5.13. The molecule has 1 atom stereocenters. The van der Waals surface area contributed by atoms with Crippen molar-refractivity contribution in [1.82, 2.24) is 0 Å². The van der Waals surface area contributed by atoms with E-state index in [1.807, 2.05) is 0 Å². The van der Waals surface area contributed by atoms with Gasteiger partial charge in [0.05, 0.1) is 0 Å². The third kappa shape index (κ3) is 1.56. The molecule has 0 aliphatic heterocycles. The first-order valence-electron chi connectivity index (χ1n) is 8.57. The summed E-state index contributed by atoms with van der Waals surface area (Å²) in [6, 6.07) is 9.70. The van der Waals surface area contributed by atoms with E-state index in [0.29, 0.717) is 5.92 Å². The van der Waals surface area contributed by atoms with Crippen molar-refractivity contribution in [2.75, 3.05) is 0 Å². The fourth-order valence-corrected chi connectivity index (χ4v) is 5.13. The van der Waals surface area contributed by atoms with Gasteiger partial charge in [-0.3, -0.25) is 0 Å². The first-order valence-corrected chi connectivity index (χ1v) is 8.57. The maximum absolute atomic E-state index is 2.48. The summed E-state index contributed by atoms with van der Waals surface area (Å²) in [7, 11) is 0. The quantitative estimate of drug-likeness (QED) is 0.644. The Morgan fingerprint density at radius 3 is 2.62 bits per heavy atom. The van der Waals surface area contributed by atoms with E-state index in [2.05, 4.69) is 31.2 Å². The van der Waals surface area contributed by atoms with Crippen molar-refractivity contribution in [1.29, 1.82) is 0 Å². The van der Waals surface area contributed by atoms with Crippen molar-refractivity contribution in [3.8, 4) is 0 Å². The molecule has 2 aromatic rings. The summed E-state index contributed by atoms with van der Waals surface area (Å²) in [5, 5.41) is 0. The Balaban J connectivity index is 1.75. The maximum atomic E-state index is 2.48. The second-order valence-corrected chi connectivity index (χ2v) is 7.18. The van der Waals surface area contributed by atoms with Crippen LogP contribution < -0.4 is 0 Å². The molecule has 0 heterocycles. The van der Waals surface area contributed by atoms with Gasteiger partial charge in [0.25, 0.3) is 0 Å². The summed E-state index contributed by atoms with van der Waals surface area (Å²) >= 11 is 0. The van der Waals surface area contributed by atoms with Gasteiger partial charge in [0.2, 0.25) is 0 Å². The van der Waals surface area contributed by atoms with Crippen molar-refractivity contribution < 1.29 is 0 Å². The lowest BCUT2D eigenvalue weighted by Crippen LogP contribution is -2.17. The van der Waals surface area contributed by atoms with Gasteiger partial charge in [0.1, 0.15) is 0 Å². The Hall–Kier alpha value is -1.56. The van der Waals surface area contributed by atoms with E-state index in [9.17, 15) is 0 Å². The van der Waals surface area contributed by atoms with Gasteiger partial charge < -0.3 is 0 Å². The molecule has 0 N–H and O–H groups in total. The van der Waals surface area contributed by atoms with Crippen molar-refractivity contribution in [2.45, 2.75) is 57.8 Å². The van der Waals surface area contributed by atoms with Crippen LogP contribution in [0.1, 0.15) is 69.7 Å². The molecule has 2 aromatic carbocycles. The highest BCUT2D eigenvalue weighted by Gasteiger charge is 2.34. The smallest absolute Gasteiger partial charge is 0.0101 e. The Labute approximate surface area is 127 Å². The molecule has 0 nitrogen and oxygen atoms in total. The van der Waals surface area contributed by atoms with Crippen LogP contribution in [0.4, 0.5) is 0 Å². The Morgan fingerprint density at radius 2 is 1.67 bits per heavy atom. The molecule has 0 amide bonds. The second kappa shape index (κ2) is 4.22. The van der Waals surface area contributed by atoms with Crippen molar-refractivity contribution in [3.63, 3.8) is 0 Å². The summed E-state index contributed by atoms with van der Waals surface area (Å²) in [6.07, 6.45) is 9.21. The Kier molecular flexibility index (Phi) is 2.42. The summed E-state index contributed by atoms with van der Waals surface area (Å²) in [4.78, 5) is 0. The fraction of sp³-hybridized carbons (Fsp3) is 0.429. The molecule has 3 aliphatic rings. The van der Waals surface area contributed by atoms with Crippen LogP contribution in [0.25, 0.3) is 0 Å². The minimum absolute atomic E-state index is 0.700. The highest BCUT2D eigenvalue weighted by Crippen LogP contribution is 2.48. The van der Waals surface area contributed by atoms with Crippen LogP contribution in [-0.4, -0.2) is 0 Å². The molecule has 0 saturated carbocycles. The van der Waals surface area contributed by atoms with E-state index in [4.69, 9.17) is 0 Å². The topological polar surface area (TPSA) is 0 Å². The van der Waals surface area contributed by atoms with Gasteiger partial charge in [0, 0.05) is 5.92 Å². The molecule has 106 valence electrons. The predicted molar refractivity (Wildman–Crippen MR) is 87.2 cm³/mol. The number of hydrogen-bond donors (Lipinski definition) is 0. The van der Waals surface area contributed by atoms with Gasteiger partial charge in [-0.15, -0.1) is 0 Å². The number of benzene rings is 2. The summed E-state index contributed by atoms with van der Waals surface area (Å²) in [6.45, 7) is 2.29. The van der Waals surface area contributed by atoms with E-state index >= 15 is 0 Å². The maximum Gasteiger partial charge on any atom is 0.0101 e. The molecule has 1 unspecified atom stereocenters. The van der Waals surface area contributed by atoms with Crippen molar-refractivity contribution >= 4 is 0 Å². The lowest BCUT2D eigenvalue weighted by atomic mass is 9.74. The minimum atomic E-state index is 0.700. The van der Waals surface area contributed by atoms with Crippen LogP contribution in [0, 0.1) is 6.92 Å². The van der Waals surface area contributed by atoms with Gasteiger partial charge in [-0.1, -0.05) is 24.3 Å². The molecule has 0 fully saturated rings. The lowest BCUT2D eigenvalue weighted by Gasteiger charge is -2.30. The van der Waals surface area contributed by atoms with Gasteiger partial charge in [-0.25, -0.2) is 0 Å². The molecular weight excluding hydrogens is 252 g/mol. The van der Waals surface area contributed by atoms with Crippen molar-refractivity contribution in [3.05, 3.63) is 68.8 Å². The van der Waals surface area contributed by atoms with Gasteiger partial charge >= 0.3 is 0 Å². The van der Waals surface area contributed by atoms with E-state index in [1.165, 1.54) is 50.5 Å². The predicted octanol–water partition coefficient (Wildman–Crippen LogP) is 4.86. The first kappa shape index (κ1) is 12.0. The van der Waals surface area contributed by atoms with Crippen LogP contribution in [0.15, 0.2) is 24.3 Å². The largest absolute Gasteiger partial charge is 0.0587 e. The second-order valence-electron chi connectivity index (χ2n) is 7.18. The van der Waals surface area contributed by atoms with Crippen LogP contribution >= 0.6 is 0 Å². The average molecular weight is 274 g/mol. The third-order valence-electron chi connectivity index (χ3n) is 6.14.